The van der Waals surface area contributed by atoms with Crippen molar-refractivity contribution in [1.82, 2.24) is 24.2 Å². The fourth-order valence-electron chi connectivity index (χ4n) is 4.60. The molecule has 0 spiro atoms. The molecule has 1 N–H and O–H groups in total. The Morgan fingerprint density at radius 3 is 2.45 bits per heavy atom. The predicted molar refractivity (Wildman–Crippen MR) is 110 cm³/mol. The van der Waals surface area contributed by atoms with Gasteiger partial charge in [0, 0.05) is 57.0 Å². The van der Waals surface area contributed by atoms with Crippen molar-refractivity contribution in [3.63, 3.8) is 0 Å². The highest BCUT2D eigenvalue weighted by molar-refractivity contribution is 5.73. The number of hydrogen-bond acceptors (Lipinski definition) is 6. The molecule has 2 aromatic heterocycles. The van der Waals surface area contributed by atoms with Crippen molar-refractivity contribution in [3.8, 4) is 0 Å². The second-order valence-electron chi connectivity index (χ2n) is 8.78. The van der Waals surface area contributed by atoms with Crippen LogP contribution >= 0.6 is 0 Å². The molecule has 1 saturated carbocycles. The Morgan fingerprint density at radius 1 is 1.15 bits per heavy atom. The van der Waals surface area contributed by atoms with Crippen molar-refractivity contribution in [2.45, 2.75) is 51.0 Å². The van der Waals surface area contributed by atoms with Crippen molar-refractivity contribution < 1.29 is 23.1 Å². The zero-order valence-electron chi connectivity index (χ0n) is 17.7. The summed E-state index contributed by atoms with van der Waals surface area (Å²) in [4.78, 5) is 40.4. The van der Waals surface area contributed by atoms with E-state index in [0.717, 1.165) is 38.3 Å². The molecular weight excluding hydrogens is 443 g/mol. The van der Waals surface area contributed by atoms with Crippen LogP contribution in [0.25, 0.3) is 0 Å². The average Bonchev–Trinajstić information content (AvgIpc) is 3.26. The zero-order chi connectivity index (χ0) is 23.8. The van der Waals surface area contributed by atoms with E-state index in [4.69, 9.17) is 9.90 Å². The largest absolute Gasteiger partial charge is 0.490 e. The van der Waals surface area contributed by atoms with Gasteiger partial charge in [-0.15, -0.1) is 0 Å². The normalized spacial score (nSPS) is 22.2. The Balaban J connectivity index is 0.000000325. The Kier molecular flexibility index (Phi) is 6.37. The standard InChI is InChI=1S/C19H23N5O2.C2HF3O2/c25-18-19(26)24(9-13-3-1-4-13)21-17-16-12-22(10-15(16)11-23(17)18)8-14-5-2-6-20-7-14;3-2(4,5)1(6)7/h2,5-7,13,15-16H,1,3-4,8-12H2;(H,6,7). The molecule has 4 heterocycles. The summed E-state index contributed by atoms with van der Waals surface area (Å²) < 4.78 is 34.8. The minimum absolute atomic E-state index is 0.243. The minimum Gasteiger partial charge on any atom is -0.475 e. The van der Waals surface area contributed by atoms with Crippen molar-refractivity contribution in [3.05, 3.63) is 56.6 Å². The van der Waals surface area contributed by atoms with Crippen LogP contribution in [0.5, 0.6) is 0 Å². The fraction of sp³-hybridized carbons (Fsp3) is 0.571. The maximum atomic E-state index is 12.5. The van der Waals surface area contributed by atoms with Crippen molar-refractivity contribution in [2.75, 3.05) is 13.1 Å². The van der Waals surface area contributed by atoms with E-state index in [9.17, 15) is 22.8 Å². The van der Waals surface area contributed by atoms with E-state index < -0.39 is 17.7 Å². The number of nitrogens with zero attached hydrogens (tertiary/aromatic N) is 5. The summed E-state index contributed by atoms with van der Waals surface area (Å²) in [6.45, 7) is 3.90. The van der Waals surface area contributed by atoms with Gasteiger partial charge in [0.2, 0.25) is 0 Å². The van der Waals surface area contributed by atoms with Crippen LogP contribution in [0.2, 0.25) is 0 Å². The first-order valence-corrected chi connectivity index (χ1v) is 10.8. The second kappa shape index (κ2) is 9.08. The molecule has 2 fully saturated rings. The van der Waals surface area contributed by atoms with Crippen LogP contribution in [-0.4, -0.2) is 54.6 Å². The number of rotatable bonds is 4. The van der Waals surface area contributed by atoms with Crippen LogP contribution in [0.4, 0.5) is 13.2 Å². The molecule has 1 aliphatic carbocycles. The minimum atomic E-state index is -5.08. The van der Waals surface area contributed by atoms with E-state index in [1.54, 1.807) is 10.8 Å². The van der Waals surface area contributed by atoms with Gasteiger partial charge in [-0.2, -0.15) is 18.3 Å². The molecule has 2 unspecified atom stereocenters. The third-order valence-electron chi connectivity index (χ3n) is 6.45. The molecule has 2 aliphatic heterocycles. The molecule has 1 saturated heterocycles. The number of aliphatic carboxylic acids is 1. The topological polar surface area (TPSA) is 110 Å². The van der Waals surface area contributed by atoms with E-state index in [0.29, 0.717) is 24.9 Å². The molecule has 5 rings (SSSR count). The quantitative estimate of drug-likeness (QED) is 0.678. The first-order valence-electron chi connectivity index (χ1n) is 10.8. The number of halogens is 3. The molecule has 0 radical (unpaired) electrons. The monoisotopic (exact) mass is 467 g/mol. The summed E-state index contributed by atoms with van der Waals surface area (Å²) in [6.07, 6.45) is 2.10. The third kappa shape index (κ3) is 5.00. The number of fused-ring (bicyclic) bond motifs is 3. The van der Waals surface area contributed by atoms with Crippen LogP contribution < -0.4 is 11.1 Å². The van der Waals surface area contributed by atoms with Gasteiger partial charge in [0.25, 0.3) is 0 Å². The number of likely N-dealkylation sites (tertiary alicyclic amines) is 1. The number of carboxylic acids is 1. The number of hydrogen-bond donors (Lipinski definition) is 1. The number of aromatic nitrogens is 4. The second-order valence-corrected chi connectivity index (χ2v) is 8.78. The van der Waals surface area contributed by atoms with Crippen LogP contribution in [0, 0.1) is 11.8 Å². The van der Waals surface area contributed by atoms with Gasteiger partial charge in [0.1, 0.15) is 5.82 Å². The maximum Gasteiger partial charge on any atom is 0.490 e. The Bertz CT molecular complexity index is 1130. The summed E-state index contributed by atoms with van der Waals surface area (Å²) in [5, 5.41) is 11.8. The van der Waals surface area contributed by atoms with E-state index in [1.165, 1.54) is 16.7 Å². The predicted octanol–water partition coefficient (Wildman–Crippen LogP) is 1.46. The number of alkyl halides is 3. The van der Waals surface area contributed by atoms with Gasteiger partial charge in [0.15, 0.2) is 0 Å². The lowest BCUT2D eigenvalue weighted by atomic mass is 9.85. The highest BCUT2D eigenvalue weighted by Gasteiger charge is 2.42. The van der Waals surface area contributed by atoms with Gasteiger partial charge in [-0.1, -0.05) is 12.5 Å². The SMILES string of the molecule is O=C(O)C(F)(F)F.O=c1c(=O)n2c(nn1CC1CCC1)C1CN(Cc3cccnc3)CC1C2. The summed E-state index contributed by atoms with van der Waals surface area (Å²) in [6, 6.07) is 4.05. The highest BCUT2D eigenvalue weighted by atomic mass is 19.4. The molecular formula is C21H24F3N5O4. The van der Waals surface area contributed by atoms with E-state index in [2.05, 4.69) is 21.0 Å². The maximum absolute atomic E-state index is 12.5. The lowest BCUT2D eigenvalue weighted by Crippen LogP contribution is -2.45. The van der Waals surface area contributed by atoms with Crippen molar-refractivity contribution in [2.24, 2.45) is 11.8 Å². The molecule has 2 aromatic rings. The molecule has 3 aliphatic rings. The van der Waals surface area contributed by atoms with Gasteiger partial charge in [0.05, 0.1) is 0 Å². The van der Waals surface area contributed by atoms with Crippen LogP contribution in [0.15, 0.2) is 34.1 Å². The first kappa shape index (κ1) is 23.1. The average molecular weight is 467 g/mol. The van der Waals surface area contributed by atoms with Gasteiger partial charge in [-0.25, -0.2) is 9.48 Å². The molecule has 9 nitrogen and oxygen atoms in total. The van der Waals surface area contributed by atoms with Crippen LogP contribution in [0.1, 0.15) is 36.6 Å². The molecule has 2 atom stereocenters. The number of carbonyl (C=O) groups is 1. The van der Waals surface area contributed by atoms with Gasteiger partial charge in [-0.05, 0) is 30.4 Å². The summed E-state index contributed by atoms with van der Waals surface area (Å²) in [5.41, 5.74) is 0.364. The first-order chi connectivity index (χ1) is 15.6. The van der Waals surface area contributed by atoms with E-state index in [-0.39, 0.29) is 11.5 Å². The van der Waals surface area contributed by atoms with Crippen molar-refractivity contribution in [1.29, 1.82) is 0 Å². The third-order valence-corrected chi connectivity index (χ3v) is 6.45. The lowest BCUT2D eigenvalue weighted by Gasteiger charge is -2.25. The van der Waals surface area contributed by atoms with E-state index >= 15 is 0 Å². The van der Waals surface area contributed by atoms with E-state index in [1.807, 2.05) is 12.3 Å². The Morgan fingerprint density at radius 2 is 1.88 bits per heavy atom. The smallest absolute Gasteiger partial charge is 0.475 e. The summed E-state index contributed by atoms with van der Waals surface area (Å²) >= 11 is 0. The molecule has 0 aromatic carbocycles. The number of carboxylic acid groups (broad SMARTS) is 1. The van der Waals surface area contributed by atoms with Gasteiger partial charge < -0.3 is 5.11 Å². The van der Waals surface area contributed by atoms with Crippen LogP contribution in [-0.2, 0) is 24.4 Å². The molecule has 0 bridgehead atoms. The van der Waals surface area contributed by atoms with Gasteiger partial charge >= 0.3 is 23.3 Å². The highest BCUT2D eigenvalue weighted by Crippen LogP contribution is 2.37. The molecule has 33 heavy (non-hydrogen) atoms. The summed E-state index contributed by atoms with van der Waals surface area (Å²) in [5.74, 6) is -0.830. The zero-order valence-corrected chi connectivity index (χ0v) is 17.7. The lowest BCUT2D eigenvalue weighted by molar-refractivity contribution is -0.192. The Hall–Kier alpha value is -3.02. The molecule has 178 valence electrons. The van der Waals surface area contributed by atoms with Crippen LogP contribution in [0.3, 0.4) is 0 Å². The van der Waals surface area contributed by atoms with Gasteiger partial charge in [-0.3, -0.25) is 24.0 Å². The molecule has 0 amide bonds. The summed E-state index contributed by atoms with van der Waals surface area (Å²) in [7, 11) is 0. The fourth-order valence-corrected chi connectivity index (χ4v) is 4.60. The Labute approximate surface area is 186 Å². The molecule has 12 heteroatoms. The van der Waals surface area contributed by atoms with Crippen molar-refractivity contribution >= 4 is 5.97 Å². The number of pyridine rings is 1.